The van der Waals surface area contributed by atoms with Crippen molar-refractivity contribution in [3.63, 3.8) is 0 Å². The molecule has 366 valence electrons. The highest BCUT2D eigenvalue weighted by molar-refractivity contribution is 7.98. The number of aromatic nitrogens is 2. The van der Waals surface area contributed by atoms with E-state index in [1.807, 2.05) is 0 Å². The molecule has 1 rings (SSSR count). The lowest BCUT2D eigenvalue weighted by Crippen LogP contribution is -2.62. The Kier molecular flexibility index (Phi) is 25.2. The van der Waals surface area contributed by atoms with Gasteiger partial charge in [-0.3, -0.25) is 43.3 Å². The Morgan fingerprint density at radius 1 is 0.692 bits per heavy atom. The number of aromatic amines is 1. The van der Waals surface area contributed by atoms with Crippen LogP contribution in [-0.2, 0) is 49.6 Å². The number of nitrogens with one attached hydrogen (secondary N) is 8. The smallest absolute Gasteiger partial charge is 0.326 e. The van der Waals surface area contributed by atoms with Crippen LogP contribution in [0.5, 0.6) is 0 Å². The maximum Gasteiger partial charge on any atom is 0.326 e. The molecule has 9 atom stereocenters. The predicted molar refractivity (Wildman–Crippen MR) is 240 cm³/mol. The molecule has 0 fully saturated rings. The van der Waals surface area contributed by atoms with Gasteiger partial charge in [0.15, 0.2) is 5.96 Å². The van der Waals surface area contributed by atoms with E-state index in [9.17, 15) is 53.4 Å². The number of aliphatic hydroxyl groups excluding tert-OH is 1. The summed E-state index contributed by atoms with van der Waals surface area (Å²) in [6.07, 6.45) is 2.63. The number of nitrogens with zero attached hydrogens (tertiary/aromatic N) is 2. The van der Waals surface area contributed by atoms with Crippen LogP contribution in [0.25, 0.3) is 0 Å². The molecular weight excluding hydrogens is 873 g/mol. The second-order valence-corrected chi connectivity index (χ2v) is 17.0. The van der Waals surface area contributed by atoms with Crippen molar-refractivity contribution in [2.24, 2.45) is 39.8 Å². The minimum absolute atomic E-state index is 0.0568. The standard InChI is InChI=1S/C39H68N14O11S/c1-18(2)28(51-32(57)23(40)15-22-16-44-17-46-22)36(61)53-30(21(6)54)37(62)50-25(10-11-27(41)55)33(58)47-20(5)31(56)48-24(9-8-13-45-39(42)43)34(59)49-26(12-14-65-7)35(60)52-29(19(3)4)38(63)64/h16-21,23-26,28-30,54H,8-15,40H2,1-7H3,(H2,41,55)(H,44,46)(H,47,58)(H,48,56)(H,49,59)(H,50,62)(H,51,57)(H,52,60)(H,53,61)(H,63,64)(H4,42,43,45)/t20-,21+,23-,24-,25-,26-,28-,29-,30-/m0/s1. The summed E-state index contributed by atoms with van der Waals surface area (Å²) in [6.45, 7) is 8.98. The molecular formula is C39H68N14O11S. The lowest BCUT2D eigenvalue weighted by atomic mass is 10.0. The van der Waals surface area contributed by atoms with Gasteiger partial charge in [0.1, 0.15) is 42.3 Å². The van der Waals surface area contributed by atoms with Crippen molar-refractivity contribution in [3.8, 4) is 0 Å². The van der Waals surface area contributed by atoms with Crippen molar-refractivity contribution < 1.29 is 53.4 Å². The van der Waals surface area contributed by atoms with Crippen LogP contribution in [0.2, 0.25) is 0 Å². The molecule has 0 spiro atoms. The zero-order chi connectivity index (χ0) is 49.6. The Balaban J connectivity index is 3.25. The molecule has 0 unspecified atom stereocenters. The number of carbonyl (C=O) groups is 9. The fourth-order valence-electron chi connectivity index (χ4n) is 5.98. The zero-order valence-corrected chi connectivity index (χ0v) is 38.7. The second-order valence-electron chi connectivity index (χ2n) is 16.1. The van der Waals surface area contributed by atoms with Gasteiger partial charge in [0.25, 0.3) is 0 Å². The minimum Gasteiger partial charge on any atom is -0.480 e. The molecule has 1 heterocycles. The van der Waals surface area contributed by atoms with Gasteiger partial charge >= 0.3 is 5.97 Å². The van der Waals surface area contributed by atoms with Crippen molar-refractivity contribution in [1.82, 2.24) is 47.2 Å². The first-order chi connectivity index (χ1) is 30.4. The van der Waals surface area contributed by atoms with E-state index in [4.69, 9.17) is 22.9 Å². The number of thioether (sulfide) groups is 1. The van der Waals surface area contributed by atoms with Crippen molar-refractivity contribution >= 4 is 70.9 Å². The van der Waals surface area contributed by atoms with E-state index >= 15 is 0 Å². The fraction of sp³-hybridized carbons (Fsp3) is 0.667. The van der Waals surface area contributed by atoms with Gasteiger partial charge in [-0.2, -0.15) is 11.8 Å². The molecule has 0 saturated carbocycles. The highest BCUT2D eigenvalue weighted by Gasteiger charge is 2.36. The molecule has 0 aliphatic rings. The van der Waals surface area contributed by atoms with Crippen molar-refractivity contribution in [2.75, 3.05) is 18.6 Å². The predicted octanol–water partition coefficient (Wildman–Crippen LogP) is -4.46. The summed E-state index contributed by atoms with van der Waals surface area (Å²) in [7, 11) is 0. The molecule has 1 aromatic rings. The van der Waals surface area contributed by atoms with Gasteiger partial charge in [0, 0.05) is 31.3 Å². The van der Waals surface area contributed by atoms with Crippen molar-refractivity contribution in [2.45, 2.75) is 135 Å². The largest absolute Gasteiger partial charge is 0.480 e. The number of hydrogen-bond acceptors (Lipinski definition) is 14. The van der Waals surface area contributed by atoms with Gasteiger partial charge in [-0.05, 0) is 63.4 Å². The summed E-state index contributed by atoms with van der Waals surface area (Å²) in [4.78, 5) is 128. The quantitative estimate of drug-likeness (QED) is 0.0197. The molecule has 65 heavy (non-hydrogen) atoms. The molecule has 1 aromatic heterocycles. The van der Waals surface area contributed by atoms with Crippen LogP contribution >= 0.6 is 11.8 Å². The average molecular weight is 941 g/mol. The van der Waals surface area contributed by atoms with Gasteiger partial charge < -0.3 is 75.3 Å². The first-order valence-corrected chi connectivity index (χ1v) is 22.4. The first kappa shape index (κ1) is 57.0. The second kappa shape index (κ2) is 28.7. The van der Waals surface area contributed by atoms with E-state index in [1.165, 1.54) is 38.1 Å². The lowest BCUT2D eigenvalue weighted by Gasteiger charge is -2.29. The number of carboxylic acids is 1. The molecule has 0 aliphatic carbocycles. The van der Waals surface area contributed by atoms with Crippen molar-refractivity contribution in [3.05, 3.63) is 18.2 Å². The first-order valence-electron chi connectivity index (χ1n) is 21.0. The Labute approximate surface area is 381 Å². The lowest BCUT2D eigenvalue weighted by molar-refractivity contribution is -0.143. The number of rotatable bonds is 30. The highest BCUT2D eigenvalue weighted by Crippen LogP contribution is 2.10. The van der Waals surface area contributed by atoms with Crippen LogP contribution in [0.1, 0.15) is 79.3 Å². The number of aliphatic hydroxyl groups is 1. The third kappa shape index (κ3) is 21.0. The molecule has 0 aliphatic heterocycles. The van der Waals surface area contributed by atoms with Crippen LogP contribution in [-0.4, -0.2) is 152 Å². The molecule has 0 saturated heterocycles. The summed E-state index contributed by atoms with van der Waals surface area (Å²) in [5.41, 5.74) is 22.8. The Morgan fingerprint density at radius 2 is 1.20 bits per heavy atom. The normalized spacial score (nSPS) is 15.3. The fourth-order valence-corrected chi connectivity index (χ4v) is 6.45. The van der Waals surface area contributed by atoms with Gasteiger partial charge in [-0.15, -0.1) is 0 Å². The number of aliphatic imine (C=N–C) groups is 1. The molecule has 25 nitrogen and oxygen atoms in total. The van der Waals surface area contributed by atoms with Gasteiger partial charge in [0.2, 0.25) is 47.3 Å². The molecule has 8 amide bonds. The number of guanidine groups is 1. The van der Waals surface area contributed by atoms with E-state index in [1.54, 1.807) is 34.0 Å². The summed E-state index contributed by atoms with van der Waals surface area (Å²) >= 11 is 1.38. The van der Waals surface area contributed by atoms with Crippen molar-refractivity contribution in [1.29, 1.82) is 0 Å². The van der Waals surface area contributed by atoms with Crippen LogP contribution in [0.15, 0.2) is 17.5 Å². The third-order valence-corrected chi connectivity index (χ3v) is 10.4. The minimum atomic E-state index is -1.69. The number of carboxylic acid groups (broad SMARTS) is 1. The number of amides is 8. The highest BCUT2D eigenvalue weighted by atomic mass is 32.2. The third-order valence-electron chi connectivity index (χ3n) is 9.76. The van der Waals surface area contributed by atoms with E-state index in [0.29, 0.717) is 11.4 Å². The number of imidazole rings is 1. The maximum atomic E-state index is 13.7. The number of carbonyl (C=O) groups excluding carboxylic acids is 8. The van der Waals surface area contributed by atoms with Crippen LogP contribution in [0, 0.1) is 11.8 Å². The maximum absolute atomic E-state index is 13.7. The van der Waals surface area contributed by atoms with Crippen LogP contribution in [0.4, 0.5) is 0 Å². The molecule has 0 radical (unpaired) electrons. The van der Waals surface area contributed by atoms with Gasteiger partial charge in [0.05, 0.1) is 18.5 Å². The topological polar surface area (TPSA) is 423 Å². The SMILES string of the molecule is CSCC[C@H](NC(=O)[C@H](CCCN=C(N)N)NC(=O)[C@H](C)NC(=O)[C@H](CCC(N)=O)NC(=O)[C@@H](NC(=O)[C@@H](NC(=O)[C@@H](N)Cc1cnc[nH]1)C(C)C)[C@@H](C)O)C(=O)N[C@H](C(=O)O)C(C)C. The molecule has 26 heteroatoms. The molecule has 0 aromatic carbocycles. The van der Waals surface area contributed by atoms with Crippen LogP contribution < -0.4 is 60.2 Å². The van der Waals surface area contributed by atoms with Gasteiger partial charge in [-0.25, -0.2) is 9.78 Å². The van der Waals surface area contributed by atoms with E-state index in [2.05, 4.69) is 52.2 Å². The molecule has 0 bridgehead atoms. The number of hydrogen-bond donors (Lipinski definition) is 14. The Morgan fingerprint density at radius 3 is 1.72 bits per heavy atom. The van der Waals surface area contributed by atoms with E-state index in [-0.39, 0.29) is 44.6 Å². The summed E-state index contributed by atoms with van der Waals surface area (Å²) < 4.78 is 0. The molecule has 18 N–H and O–H groups in total. The number of nitrogens with two attached hydrogens (primary N) is 4. The Hall–Kier alpha value is -6.02. The summed E-state index contributed by atoms with van der Waals surface area (Å²) in [5, 5.41) is 37.5. The Bertz CT molecular complexity index is 1790. The zero-order valence-electron chi connectivity index (χ0n) is 37.8. The summed E-state index contributed by atoms with van der Waals surface area (Å²) in [6, 6.07) is -10.7. The number of primary amides is 1. The monoisotopic (exact) mass is 940 g/mol. The van der Waals surface area contributed by atoms with E-state index < -0.39 is 126 Å². The van der Waals surface area contributed by atoms with E-state index in [0.717, 1.165) is 0 Å². The number of H-pyrrole nitrogens is 1. The average Bonchev–Trinajstić information content (AvgIpc) is 3.73. The van der Waals surface area contributed by atoms with Crippen LogP contribution in [0.3, 0.4) is 0 Å². The summed E-state index contributed by atoms with van der Waals surface area (Å²) in [5.74, 6) is -8.99. The number of aliphatic carboxylic acids is 1. The van der Waals surface area contributed by atoms with Gasteiger partial charge in [-0.1, -0.05) is 27.7 Å².